The van der Waals surface area contributed by atoms with Crippen LogP contribution in [-0.2, 0) is 0 Å². The SMILES string of the molecule is CC(C)Oc1cccc(-c2ccnc(NC3CCCC3)n2)c1. The molecule has 1 fully saturated rings. The highest BCUT2D eigenvalue weighted by Gasteiger charge is 2.15. The van der Waals surface area contributed by atoms with Crippen LogP contribution in [0.25, 0.3) is 11.3 Å². The topological polar surface area (TPSA) is 47.0 Å². The molecule has 116 valence electrons. The van der Waals surface area contributed by atoms with Gasteiger partial charge in [0.05, 0.1) is 11.8 Å². The molecule has 22 heavy (non-hydrogen) atoms. The van der Waals surface area contributed by atoms with Crippen molar-refractivity contribution in [2.75, 3.05) is 5.32 Å². The lowest BCUT2D eigenvalue weighted by Crippen LogP contribution is -2.16. The third kappa shape index (κ3) is 3.75. The van der Waals surface area contributed by atoms with E-state index in [-0.39, 0.29) is 6.10 Å². The minimum absolute atomic E-state index is 0.167. The predicted molar refractivity (Wildman–Crippen MR) is 89.1 cm³/mol. The highest BCUT2D eigenvalue weighted by molar-refractivity contribution is 5.62. The molecule has 0 radical (unpaired) electrons. The molecule has 0 saturated heterocycles. The van der Waals surface area contributed by atoms with Gasteiger partial charge in [-0.15, -0.1) is 0 Å². The minimum atomic E-state index is 0.167. The Morgan fingerprint density at radius 2 is 2.00 bits per heavy atom. The Morgan fingerprint density at radius 3 is 2.77 bits per heavy atom. The monoisotopic (exact) mass is 297 g/mol. The van der Waals surface area contributed by atoms with Crippen molar-refractivity contribution in [3.8, 4) is 17.0 Å². The van der Waals surface area contributed by atoms with Crippen LogP contribution in [0.1, 0.15) is 39.5 Å². The van der Waals surface area contributed by atoms with Crippen LogP contribution < -0.4 is 10.1 Å². The van der Waals surface area contributed by atoms with Gasteiger partial charge in [-0.05, 0) is 44.9 Å². The molecule has 0 unspecified atom stereocenters. The summed E-state index contributed by atoms with van der Waals surface area (Å²) in [4.78, 5) is 8.99. The van der Waals surface area contributed by atoms with Gasteiger partial charge in [-0.3, -0.25) is 0 Å². The first-order chi connectivity index (χ1) is 10.7. The maximum Gasteiger partial charge on any atom is 0.223 e. The average Bonchev–Trinajstić information content (AvgIpc) is 3.00. The van der Waals surface area contributed by atoms with Gasteiger partial charge < -0.3 is 10.1 Å². The van der Waals surface area contributed by atoms with Crippen molar-refractivity contribution in [1.29, 1.82) is 0 Å². The van der Waals surface area contributed by atoms with E-state index in [4.69, 9.17) is 4.74 Å². The van der Waals surface area contributed by atoms with Crippen LogP contribution in [0.15, 0.2) is 36.5 Å². The fourth-order valence-corrected chi connectivity index (χ4v) is 2.84. The van der Waals surface area contributed by atoms with E-state index < -0.39 is 0 Å². The molecule has 1 aromatic carbocycles. The Bertz CT molecular complexity index is 621. The largest absolute Gasteiger partial charge is 0.491 e. The average molecular weight is 297 g/mol. The van der Waals surface area contributed by atoms with Crippen LogP contribution in [0.4, 0.5) is 5.95 Å². The summed E-state index contributed by atoms with van der Waals surface area (Å²) in [6.07, 6.45) is 7.00. The fraction of sp³-hybridized carbons (Fsp3) is 0.444. The molecule has 0 amide bonds. The van der Waals surface area contributed by atoms with Crippen LogP contribution in [-0.4, -0.2) is 22.1 Å². The molecule has 1 saturated carbocycles. The van der Waals surface area contributed by atoms with Gasteiger partial charge in [-0.25, -0.2) is 9.97 Å². The molecule has 0 bridgehead atoms. The highest BCUT2D eigenvalue weighted by atomic mass is 16.5. The second kappa shape index (κ2) is 6.77. The van der Waals surface area contributed by atoms with E-state index in [1.807, 2.05) is 44.3 Å². The third-order valence-corrected chi connectivity index (χ3v) is 3.85. The zero-order valence-corrected chi connectivity index (χ0v) is 13.2. The van der Waals surface area contributed by atoms with Crippen LogP contribution in [0.5, 0.6) is 5.75 Å². The van der Waals surface area contributed by atoms with Gasteiger partial charge >= 0.3 is 0 Å². The van der Waals surface area contributed by atoms with Crippen molar-refractivity contribution in [2.45, 2.75) is 51.7 Å². The first-order valence-corrected chi connectivity index (χ1v) is 8.07. The maximum atomic E-state index is 5.76. The molecule has 4 heteroatoms. The highest BCUT2D eigenvalue weighted by Crippen LogP contribution is 2.25. The summed E-state index contributed by atoms with van der Waals surface area (Å²) in [6.45, 7) is 4.06. The summed E-state index contributed by atoms with van der Waals surface area (Å²) in [5.41, 5.74) is 1.97. The van der Waals surface area contributed by atoms with E-state index in [1.54, 1.807) is 0 Å². The number of aromatic nitrogens is 2. The molecule has 0 spiro atoms. The van der Waals surface area contributed by atoms with Gasteiger partial charge in [0.1, 0.15) is 5.75 Å². The second-order valence-corrected chi connectivity index (χ2v) is 6.09. The number of hydrogen-bond donors (Lipinski definition) is 1. The van der Waals surface area contributed by atoms with E-state index in [1.165, 1.54) is 25.7 Å². The Labute approximate surface area is 132 Å². The van der Waals surface area contributed by atoms with Gasteiger partial charge in [-0.1, -0.05) is 25.0 Å². The Hall–Kier alpha value is -2.10. The molecule has 1 N–H and O–H groups in total. The Balaban J connectivity index is 1.79. The normalized spacial score (nSPS) is 15.2. The quantitative estimate of drug-likeness (QED) is 0.894. The number of rotatable bonds is 5. The summed E-state index contributed by atoms with van der Waals surface area (Å²) in [5.74, 6) is 1.59. The van der Waals surface area contributed by atoms with Crippen molar-refractivity contribution in [1.82, 2.24) is 9.97 Å². The van der Waals surface area contributed by atoms with E-state index in [0.717, 1.165) is 23.0 Å². The smallest absolute Gasteiger partial charge is 0.223 e. The van der Waals surface area contributed by atoms with E-state index >= 15 is 0 Å². The molecular weight excluding hydrogens is 274 g/mol. The lowest BCUT2D eigenvalue weighted by atomic mass is 10.1. The molecule has 1 aliphatic rings. The number of ether oxygens (including phenoxy) is 1. The molecule has 2 aromatic rings. The van der Waals surface area contributed by atoms with Gasteiger partial charge in [-0.2, -0.15) is 0 Å². The first kappa shape index (κ1) is 14.8. The number of benzene rings is 1. The standard InChI is InChI=1S/C18H23N3O/c1-13(2)22-16-9-5-6-14(12-16)17-10-11-19-18(21-17)20-15-7-3-4-8-15/h5-6,9-13,15H,3-4,7-8H2,1-2H3,(H,19,20,21). The molecule has 3 rings (SSSR count). The van der Waals surface area contributed by atoms with Gasteiger partial charge in [0.25, 0.3) is 0 Å². The molecule has 1 aromatic heterocycles. The predicted octanol–water partition coefficient (Wildman–Crippen LogP) is 4.29. The van der Waals surface area contributed by atoms with Crippen molar-refractivity contribution in [3.05, 3.63) is 36.5 Å². The minimum Gasteiger partial charge on any atom is -0.491 e. The van der Waals surface area contributed by atoms with Gasteiger partial charge in [0.15, 0.2) is 0 Å². The van der Waals surface area contributed by atoms with Gasteiger partial charge in [0, 0.05) is 17.8 Å². The zero-order chi connectivity index (χ0) is 15.4. The molecular formula is C18H23N3O. The van der Waals surface area contributed by atoms with Crippen molar-refractivity contribution < 1.29 is 4.74 Å². The summed E-state index contributed by atoms with van der Waals surface area (Å²) in [7, 11) is 0. The lowest BCUT2D eigenvalue weighted by Gasteiger charge is -2.13. The lowest BCUT2D eigenvalue weighted by molar-refractivity contribution is 0.242. The van der Waals surface area contributed by atoms with Crippen LogP contribution in [0.3, 0.4) is 0 Å². The number of hydrogen-bond acceptors (Lipinski definition) is 4. The van der Waals surface area contributed by atoms with E-state index in [2.05, 4.69) is 21.4 Å². The number of nitrogens with zero attached hydrogens (tertiary/aromatic N) is 2. The molecule has 0 atom stereocenters. The molecule has 4 nitrogen and oxygen atoms in total. The van der Waals surface area contributed by atoms with E-state index in [0.29, 0.717) is 6.04 Å². The number of nitrogens with one attached hydrogen (secondary N) is 1. The van der Waals surface area contributed by atoms with Crippen LogP contribution in [0, 0.1) is 0 Å². The Morgan fingerprint density at radius 1 is 1.18 bits per heavy atom. The fourth-order valence-electron chi connectivity index (χ4n) is 2.84. The zero-order valence-electron chi connectivity index (χ0n) is 13.2. The maximum absolute atomic E-state index is 5.76. The molecule has 1 aliphatic carbocycles. The summed E-state index contributed by atoms with van der Waals surface area (Å²) in [6, 6.07) is 10.5. The van der Waals surface area contributed by atoms with Crippen molar-refractivity contribution in [3.63, 3.8) is 0 Å². The third-order valence-electron chi connectivity index (χ3n) is 3.85. The summed E-state index contributed by atoms with van der Waals surface area (Å²) in [5, 5.41) is 3.44. The molecule has 1 heterocycles. The Kier molecular flexibility index (Phi) is 4.56. The first-order valence-electron chi connectivity index (χ1n) is 8.07. The van der Waals surface area contributed by atoms with Crippen LogP contribution >= 0.6 is 0 Å². The van der Waals surface area contributed by atoms with Crippen molar-refractivity contribution in [2.24, 2.45) is 0 Å². The summed E-state index contributed by atoms with van der Waals surface area (Å²) >= 11 is 0. The molecule has 0 aliphatic heterocycles. The number of anilines is 1. The second-order valence-electron chi connectivity index (χ2n) is 6.09. The van der Waals surface area contributed by atoms with E-state index in [9.17, 15) is 0 Å². The summed E-state index contributed by atoms with van der Waals surface area (Å²) < 4.78 is 5.76. The van der Waals surface area contributed by atoms with Crippen molar-refractivity contribution >= 4 is 5.95 Å². The van der Waals surface area contributed by atoms with Crippen LogP contribution in [0.2, 0.25) is 0 Å². The van der Waals surface area contributed by atoms with Gasteiger partial charge in [0.2, 0.25) is 5.95 Å².